The van der Waals surface area contributed by atoms with E-state index in [1.807, 2.05) is 17.9 Å². The molecule has 1 aromatic carbocycles. The molecule has 5 nitrogen and oxygen atoms in total. The van der Waals surface area contributed by atoms with Crippen LogP contribution < -0.4 is 14.8 Å². The quantitative estimate of drug-likeness (QED) is 0.891. The van der Waals surface area contributed by atoms with E-state index >= 15 is 0 Å². The lowest BCUT2D eigenvalue weighted by atomic mass is 9.95. The number of nitrogens with zero attached hydrogens (tertiary/aromatic N) is 1. The van der Waals surface area contributed by atoms with Gasteiger partial charge in [0.2, 0.25) is 0 Å². The van der Waals surface area contributed by atoms with Crippen molar-refractivity contribution in [3.8, 4) is 11.5 Å². The molecule has 136 valence electrons. The standard InChI is InChI=1S/C20H28N2O3/c1-3-22-12-16(11-21-20(22)23)14-6-7-17(24-2)19(10-14)25-18-9-13-4-5-15(18)8-13/h6-7,10,13,15-16,18H,3-5,8-9,11-12H2,1-2H3,(H,21,23)/t13-,15+,16?,18-/m0/s1. The maximum absolute atomic E-state index is 11.8. The number of urea groups is 1. The van der Waals surface area contributed by atoms with Crippen LogP contribution in [0.4, 0.5) is 4.79 Å². The Labute approximate surface area is 149 Å². The van der Waals surface area contributed by atoms with Crippen molar-refractivity contribution >= 4 is 6.03 Å². The molecule has 0 spiro atoms. The Hall–Kier alpha value is -1.91. The number of amides is 2. The average molecular weight is 344 g/mol. The summed E-state index contributed by atoms with van der Waals surface area (Å²) in [6, 6.07) is 6.26. The largest absolute Gasteiger partial charge is 0.493 e. The van der Waals surface area contributed by atoms with Gasteiger partial charge in [0.25, 0.3) is 0 Å². The lowest BCUT2D eigenvalue weighted by Crippen LogP contribution is -2.49. The molecule has 2 saturated carbocycles. The second kappa shape index (κ2) is 6.77. The number of methoxy groups -OCH3 is 1. The molecule has 25 heavy (non-hydrogen) atoms. The molecule has 4 atom stereocenters. The summed E-state index contributed by atoms with van der Waals surface area (Å²) >= 11 is 0. The number of carbonyl (C=O) groups excluding carboxylic acids is 1. The van der Waals surface area contributed by atoms with E-state index in [2.05, 4.69) is 17.4 Å². The highest BCUT2D eigenvalue weighted by Gasteiger charge is 2.41. The van der Waals surface area contributed by atoms with E-state index in [-0.39, 0.29) is 11.9 Å². The van der Waals surface area contributed by atoms with Gasteiger partial charge < -0.3 is 19.7 Å². The molecule has 0 radical (unpaired) electrons. The lowest BCUT2D eigenvalue weighted by Gasteiger charge is -2.33. The van der Waals surface area contributed by atoms with Crippen molar-refractivity contribution in [2.75, 3.05) is 26.7 Å². The van der Waals surface area contributed by atoms with Crippen LogP contribution in [0.2, 0.25) is 0 Å². The van der Waals surface area contributed by atoms with Crippen LogP contribution in [0.3, 0.4) is 0 Å². The van der Waals surface area contributed by atoms with Crippen molar-refractivity contribution < 1.29 is 14.3 Å². The third-order valence-electron chi connectivity index (χ3n) is 6.22. The zero-order valence-corrected chi connectivity index (χ0v) is 15.2. The summed E-state index contributed by atoms with van der Waals surface area (Å²) in [7, 11) is 1.70. The number of rotatable bonds is 5. The van der Waals surface area contributed by atoms with Gasteiger partial charge >= 0.3 is 6.03 Å². The van der Waals surface area contributed by atoms with Gasteiger partial charge in [-0.1, -0.05) is 6.07 Å². The minimum Gasteiger partial charge on any atom is -0.493 e. The van der Waals surface area contributed by atoms with Crippen LogP contribution in [-0.4, -0.2) is 43.8 Å². The zero-order chi connectivity index (χ0) is 17.4. The number of hydrogen-bond donors (Lipinski definition) is 1. The van der Waals surface area contributed by atoms with Gasteiger partial charge in [-0.15, -0.1) is 0 Å². The molecular formula is C20H28N2O3. The molecule has 1 N–H and O–H groups in total. The average Bonchev–Trinajstić information content (AvgIpc) is 3.25. The van der Waals surface area contributed by atoms with Crippen molar-refractivity contribution in [2.45, 2.75) is 44.6 Å². The Bertz CT molecular complexity index is 648. The first-order chi connectivity index (χ1) is 12.2. The second-order valence-electron chi connectivity index (χ2n) is 7.66. The van der Waals surface area contributed by atoms with Crippen molar-refractivity contribution in [3.63, 3.8) is 0 Å². The van der Waals surface area contributed by atoms with Crippen LogP contribution in [0.1, 0.15) is 44.1 Å². The fourth-order valence-electron chi connectivity index (χ4n) is 4.76. The topological polar surface area (TPSA) is 50.8 Å². The Kier molecular flexibility index (Phi) is 4.48. The summed E-state index contributed by atoms with van der Waals surface area (Å²) < 4.78 is 11.9. The molecule has 1 aromatic rings. The maximum Gasteiger partial charge on any atom is 0.317 e. The molecule has 2 amide bonds. The minimum atomic E-state index is 0.0331. The summed E-state index contributed by atoms with van der Waals surface area (Å²) in [6.45, 7) is 4.17. The van der Waals surface area contributed by atoms with Crippen molar-refractivity contribution in [1.29, 1.82) is 0 Å². The smallest absolute Gasteiger partial charge is 0.317 e. The van der Waals surface area contributed by atoms with Gasteiger partial charge in [-0.3, -0.25) is 0 Å². The molecule has 0 aromatic heterocycles. The highest BCUT2D eigenvalue weighted by molar-refractivity contribution is 5.75. The third kappa shape index (κ3) is 3.16. The first-order valence-electron chi connectivity index (χ1n) is 9.55. The van der Waals surface area contributed by atoms with Crippen molar-refractivity contribution in [3.05, 3.63) is 23.8 Å². The summed E-state index contributed by atoms with van der Waals surface area (Å²) in [4.78, 5) is 13.7. The lowest BCUT2D eigenvalue weighted by molar-refractivity contribution is 0.133. The van der Waals surface area contributed by atoms with Crippen LogP contribution in [0.15, 0.2) is 18.2 Å². The van der Waals surface area contributed by atoms with Crippen LogP contribution in [0.25, 0.3) is 0 Å². The van der Waals surface area contributed by atoms with Gasteiger partial charge in [0.05, 0.1) is 7.11 Å². The van der Waals surface area contributed by atoms with E-state index in [0.29, 0.717) is 18.6 Å². The van der Waals surface area contributed by atoms with Gasteiger partial charge in [0, 0.05) is 25.6 Å². The van der Waals surface area contributed by atoms with Crippen LogP contribution >= 0.6 is 0 Å². The van der Waals surface area contributed by atoms with Crippen LogP contribution in [0, 0.1) is 11.8 Å². The number of ether oxygens (including phenoxy) is 2. The van der Waals surface area contributed by atoms with E-state index in [1.54, 1.807) is 7.11 Å². The second-order valence-corrected chi connectivity index (χ2v) is 7.66. The molecule has 5 heteroatoms. The number of hydrogen-bond acceptors (Lipinski definition) is 3. The molecular weight excluding hydrogens is 316 g/mol. The Morgan fingerprint density at radius 2 is 2.12 bits per heavy atom. The van der Waals surface area contributed by atoms with E-state index < -0.39 is 0 Å². The third-order valence-corrected chi connectivity index (χ3v) is 6.22. The fourth-order valence-corrected chi connectivity index (χ4v) is 4.76. The first kappa shape index (κ1) is 16.6. The minimum absolute atomic E-state index is 0.0331. The maximum atomic E-state index is 11.8. The number of likely N-dealkylation sites (N-methyl/N-ethyl adjacent to an activating group) is 1. The normalized spacial score (nSPS) is 31.1. The van der Waals surface area contributed by atoms with Gasteiger partial charge in [-0.25, -0.2) is 4.79 Å². The highest BCUT2D eigenvalue weighted by atomic mass is 16.5. The van der Waals surface area contributed by atoms with Gasteiger partial charge in [-0.2, -0.15) is 0 Å². The summed E-state index contributed by atoms with van der Waals surface area (Å²) in [6.07, 6.45) is 5.52. The summed E-state index contributed by atoms with van der Waals surface area (Å²) in [5.74, 6) is 3.51. The number of nitrogens with one attached hydrogen (secondary N) is 1. The first-order valence-corrected chi connectivity index (χ1v) is 9.55. The van der Waals surface area contributed by atoms with E-state index in [0.717, 1.165) is 30.5 Å². The van der Waals surface area contributed by atoms with Gasteiger partial charge in [0.1, 0.15) is 6.10 Å². The van der Waals surface area contributed by atoms with E-state index in [1.165, 1.54) is 31.2 Å². The Balaban J connectivity index is 1.53. The van der Waals surface area contributed by atoms with Gasteiger partial charge in [0.15, 0.2) is 11.5 Å². The molecule has 3 fully saturated rings. The zero-order valence-electron chi connectivity index (χ0n) is 15.2. The number of fused-ring (bicyclic) bond motifs is 2. The number of carbonyl (C=O) groups is 1. The van der Waals surface area contributed by atoms with Crippen molar-refractivity contribution in [2.24, 2.45) is 11.8 Å². The molecule has 1 aliphatic heterocycles. The fraction of sp³-hybridized carbons (Fsp3) is 0.650. The van der Waals surface area contributed by atoms with E-state index in [9.17, 15) is 4.79 Å². The predicted octanol–water partition coefficient (Wildman–Crippen LogP) is 3.39. The Morgan fingerprint density at radius 1 is 1.24 bits per heavy atom. The molecule has 3 aliphatic rings. The highest BCUT2D eigenvalue weighted by Crippen LogP contribution is 2.47. The summed E-state index contributed by atoms with van der Waals surface area (Å²) in [5.41, 5.74) is 1.21. The molecule has 2 bridgehead atoms. The van der Waals surface area contributed by atoms with Crippen molar-refractivity contribution in [1.82, 2.24) is 10.2 Å². The Morgan fingerprint density at radius 3 is 2.80 bits per heavy atom. The monoisotopic (exact) mass is 344 g/mol. The molecule has 1 unspecified atom stereocenters. The number of benzene rings is 1. The molecule has 1 heterocycles. The predicted molar refractivity (Wildman–Crippen MR) is 96.2 cm³/mol. The van der Waals surface area contributed by atoms with Crippen LogP contribution in [0.5, 0.6) is 11.5 Å². The van der Waals surface area contributed by atoms with Gasteiger partial charge in [-0.05, 0) is 62.1 Å². The van der Waals surface area contributed by atoms with Crippen LogP contribution in [-0.2, 0) is 0 Å². The van der Waals surface area contributed by atoms with E-state index in [4.69, 9.17) is 9.47 Å². The molecule has 1 saturated heterocycles. The SMILES string of the molecule is CCN1CC(c2ccc(OC)c(O[C@H]3C[C@H]4CC[C@@H]3C4)c2)CNC1=O. The summed E-state index contributed by atoms with van der Waals surface area (Å²) in [5, 5.41) is 2.99. The molecule has 4 rings (SSSR count). The molecule has 2 aliphatic carbocycles.